The molecule has 30 heavy (non-hydrogen) atoms. The van der Waals surface area contributed by atoms with Crippen LogP contribution in [0.5, 0.6) is 0 Å². The van der Waals surface area contributed by atoms with Crippen molar-refractivity contribution in [3.05, 3.63) is 64.2 Å². The fraction of sp³-hybridized carbons (Fsp3) is 0.250. The molecule has 0 radical (unpaired) electrons. The summed E-state index contributed by atoms with van der Waals surface area (Å²) in [7, 11) is -3.38. The lowest BCUT2D eigenvalue weighted by Gasteiger charge is -2.23. The van der Waals surface area contributed by atoms with E-state index in [0.717, 1.165) is 5.56 Å². The van der Waals surface area contributed by atoms with Crippen molar-refractivity contribution < 1.29 is 13.3 Å². The van der Waals surface area contributed by atoms with Crippen LogP contribution in [0.1, 0.15) is 5.56 Å². The molecule has 0 saturated carbocycles. The molecule has 0 aliphatic carbocycles. The third-order valence-corrected chi connectivity index (χ3v) is 6.86. The van der Waals surface area contributed by atoms with Crippen molar-refractivity contribution in [2.45, 2.75) is 11.4 Å². The Morgan fingerprint density at radius 3 is 2.77 bits per heavy atom. The smallest absolute Gasteiger partial charge is 0.270 e. The third kappa shape index (κ3) is 3.79. The Hall–Kier alpha value is -3.24. The first kappa shape index (κ1) is 20.0. The molecule has 3 N–H and O–H groups in total. The highest BCUT2D eigenvalue weighted by atomic mass is 32.2. The van der Waals surface area contributed by atoms with Gasteiger partial charge >= 0.3 is 0 Å². The van der Waals surface area contributed by atoms with Gasteiger partial charge in [0.1, 0.15) is 5.82 Å². The van der Waals surface area contributed by atoms with Crippen LogP contribution in [0.15, 0.2) is 53.4 Å². The average Bonchev–Trinajstić information content (AvgIpc) is 2.87. The molecule has 0 fully saturated rings. The quantitative estimate of drug-likeness (QED) is 0.468. The molecule has 0 saturated heterocycles. The molecule has 2 aromatic carbocycles. The van der Waals surface area contributed by atoms with Crippen molar-refractivity contribution in [3.63, 3.8) is 0 Å². The van der Waals surface area contributed by atoms with E-state index in [0.29, 0.717) is 53.5 Å². The maximum atomic E-state index is 12.7. The van der Waals surface area contributed by atoms with Crippen molar-refractivity contribution in [2.75, 3.05) is 35.6 Å². The van der Waals surface area contributed by atoms with Gasteiger partial charge in [-0.1, -0.05) is 18.2 Å². The summed E-state index contributed by atoms with van der Waals surface area (Å²) in [6.07, 6.45) is 0. The van der Waals surface area contributed by atoms with Gasteiger partial charge in [0.2, 0.25) is 0 Å². The number of non-ortho nitro benzene ring substituents is 1. The van der Waals surface area contributed by atoms with E-state index >= 15 is 0 Å². The molecule has 0 unspecified atom stereocenters. The topological polar surface area (TPSA) is 131 Å². The number of nitrogens with one attached hydrogen (secondary N) is 1. The standard InChI is InChI=1S/C20H21N5O4S/c21-7-8-22-18-12-20(23-17-6-5-15(25(26)27)11-16(17)18)24-9-10-30(28,29)19-4-2-1-3-14(19)13-24/h1-6,11-12H,7-10,13,21H2,(H,22,23). The molecule has 2 heterocycles. The maximum Gasteiger partial charge on any atom is 0.270 e. The van der Waals surface area contributed by atoms with Gasteiger partial charge < -0.3 is 16.0 Å². The van der Waals surface area contributed by atoms with E-state index in [9.17, 15) is 18.5 Å². The Morgan fingerprint density at radius 1 is 1.20 bits per heavy atom. The first-order valence-corrected chi connectivity index (χ1v) is 11.1. The summed E-state index contributed by atoms with van der Waals surface area (Å²) in [5.41, 5.74) is 7.57. The summed E-state index contributed by atoms with van der Waals surface area (Å²) in [5, 5.41) is 15.0. The Kier molecular flexibility index (Phi) is 5.27. The number of aromatic nitrogens is 1. The SMILES string of the molecule is NCCNc1cc(N2CCS(=O)(=O)c3ccccc3C2)nc2ccc([N+](=O)[O-])cc12. The van der Waals surface area contributed by atoms with Crippen LogP contribution < -0.4 is 16.0 Å². The van der Waals surface area contributed by atoms with E-state index in [1.807, 2.05) is 17.0 Å². The summed E-state index contributed by atoms with van der Waals surface area (Å²) >= 11 is 0. The normalized spacial score (nSPS) is 15.4. The molecular formula is C20H21N5O4S. The Bertz CT molecular complexity index is 1230. The summed E-state index contributed by atoms with van der Waals surface area (Å²) in [5.74, 6) is 0.581. The highest BCUT2D eigenvalue weighted by molar-refractivity contribution is 7.91. The highest BCUT2D eigenvalue weighted by Crippen LogP contribution is 2.32. The molecule has 1 aliphatic rings. The van der Waals surface area contributed by atoms with Gasteiger partial charge in [0.15, 0.2) is 9.84 Å². The number of fused-ring (bicyclic) bond motifs is 2. The van der Waals surface area contributed by atoms with Gasteiger partial charge in [-0.15, -0.1) is 0 Å². The van der Waals surface area contributed by atoms with E-state index < -0.39 is 14.8 Å². The van der Waals surface area contributed by atoms with E-state index in [-0.39, 0.29) is 11.4 Å². The lowest BCUT2D eigenvalue weighted by atomic mass is 10.1. The van der Waals surface area contributed by atoms with Crippen LogP contribution in [-0.4, -0.2) is 43.7 Å². The lowest BCUT2D eigenvalue weighted by molar-refractivity contribution is -0.384. The number of benzene rings is 2. The van der Waals surface area contributed by atoms with Gasteiger partial charge in [0.05, 0.1) is 21.1 Å². The average molecular weight is 427 g/mol. The number of hydrogen-bond donors (Lipinski definition) is 2. The predicted octanol–water partition coefficient (Wildman–Crippen LogP) is 2.31. The van der Waals surface area contributed by atoms with Crippen molar-refractivity contribution in [2.24, 2.45) is 5.73 Å². The van der Waals surface area contributed by atoms with Crippen LogP contribution in [0.4, 0.5) is 17.2 Å². The largest absolute Gasteiger partial charge is 0.383 e. The number of nitro benzene ring substituents is 1. The minimum Gasteiger partial charge on any atom is -0.383 e. The summed E-state index contributed by atoms with van der Waals surface area (Å²) in [4.78, 5) is 17.7. The van der Waals surface area contributed by atoms with Gasteiger partial charge in [0.25, 0.3) is 5.69 Å². The van der Waals surface area contributed by atoms with E-state index in [4.69, 9.17) is 5.73 Å². The highest BCUT2D eigenvalue weighted by Gasteiger charge is 2.26. The number of nitro groups is 1. The molecule has 10 heteroatoms. The summed E-state index contributed by atoms with van der Waals surface area (Å²) < 4.78 is 25.3. The number of rotatable bonds is 5. The second-order valence-electron chi connectivity index (χ2n) is 7.05. The van der Waals surface area contributed by atoms with Gasteiger partial charge in [-0.25, -0.2) is 13.4 Å². The van der Waals surface area contributed by atoms with Gasteiger partial charge in [-0.3, -0.25) is 10.1 Å². The fourth-order valence-corrected chi connectivity index (χ4v) is 5.09. The van der Waals surface area contributed by atoms with Gasteiger partial charge in [-0.05, 0) is 17.7 Å². The molecule has 0 amide bonds. The van der Waals surface area contributed by atoms with Crippen LogP contribution in [0.3, 0.4) is 0 Å². The second-order valence-corrected chi connectivity index (χ2v) is 9.13. The second kappa shape index (κ2) is 7.88. The monoisotopic (exact) mass is 427 g/mol. The van der Waals surface area contributed by atoms with E-state index in [1.54, 1.807) is 24.3 Å². The Labute approximate surface area is 173 Å². The maximum absolute atomic E-state index is 12.7. The molecule has 9 nitrogen and oxygen atoms in total. The zero-order chi connectivity index (χ0) is 21.3. The minimum absolute atomic E-state index is 0.0183. The summed E-state index contributed by atoms with van der Waals surface area (Å²) in [6, 6.07) is 13.3. The van der Waals surface area contributed by atoms with Crippen molar-refractivity contribution >= 4 is 37.9 Å². The molecule has 0 atom stereocenters. The van der Waals surface area contributed by atoms with Crippen LogP contribution in [0.25, 0.3) is 10.9 Å². The fourth-order valence-electron chi connectivity index (χ4n) is 3.59. The van der Waals surface area contributed by atoms with Crippen LogP contribution in [0.2, 0.25) is 0 Å². The number of nitrogens with zero attached hydrogens (tertiary/aromatic N) is 3. The van der Waals surface area contributed by atoms with Crippen LogP contribution in [0, 0.1) is 10.1 Å². The van der Waals surface area contributed by atoms with Gasteiger partial charge in [0, 0.05) is 55.5 Å². The first-order valence-electron chi connectivity index (χ1n) is 9.48. The molecule has 4 rings (SSSR count). The molecule has 1 aromatic heterocycles. The molecule has 156 valence electrons. The number of nitrogens with two attached hydrogens (primary N) is 1. The Morgan fingerprint density at radius 2 is 2.00 bits per heavy atom. The predicted molar refractivity (Wildman–Crippen MR) is 115 cm³/mol. The molecule has 0 bridgehead atoms. The number of sulfone groups is 1. The number of pyridine rings is 1. The van der Waals surface area contributed by atoms with Crippen LogP contribution >= 0.6 is 0 Å². The van der Waals surface area contributed by atoms with E-state index in [1.165, 1.54) is 12.1 Å². The number of anilines is 2. The minimum atomic E-state index is -3.38. The van der Waals surface area contributed by atoms with Crippen LogP contribution in [-0.2, 0) is 16.4 Å². The van der Waals surface area contributed by atoms with Gasteiger partial charge in [-0.2, -0.15) is 0 Å². The molecule has 0 spiro atoms. The lowest BCUT2D eigenvalue weighted by Crippen LogP contribution is -2.26. The van der Waals surface area contributed by atoms with E-state index in [2.05, 4.69) is 10.3 Å². The Balaban J connectivity index is 1.81. The first-order chi connectivity index (χ1) is 14.4. The summed E-state index contributed by atoms with van der Waals surface area (Å²) in [6.45, 7) is 1.57. The molecule has 3 aromatic rings. The zero-order valence-corrected chi connectivity index (χ0v) is 16.9. The molecular weight excluding hydrogens is 406 g/mol. The third-order valence-electron chi connectivity index (χ3n) is 5.07. The number of hydrogen-bond acceptors (Lipinski definition) is 8. The molecule has 1 aliphatic heterocycles. The van der Waals surface area contributed by atoms with Crippen molar-refractivity contribution in [3.8, 4) is 0 Å². The van der Waals surface area contributed by atoms with Crippen molar-refractivity contribution in [1.29, 1.82) is 0 Å². The van der Waals surface area contributed by atoms with Crippen molar-refractivity contribution in [1.82, 2.24) is 4.98 Å². The zero-order valence-electron chi connectivity index (χ0n) is 16.1.